The van der Waals surface area contributed by atoms with Crippen LogP contribution in [0.4, 0.5) is 0 Å². The SMILES string of the molecule is C=CN=C(C)c1cc[nH]c1C. The molecule has 1 aromatic heterocycles. The third-order valence-corrected chi connectivity index (χ3v) is 1.63. The average molecular weight is 148 g/mol. The predicted molar refractivity (Wildman–Crippen MR) is 47.9 cm³/mol. The maximum absolute atomic E-state index is 4.09. The van der Waals surface area contributed by atoms with Crippen molar-refractivity contribution in [2.45, 2.75) is 13.8 Å². The van der Waals surface area contributed by atoms with Gasteiger partial charge < -0.3 is 4.98 Å². The van der Waals surface area contributed by atoms with Crippen LogP contribution in [0.25, 0.3) is 0 Å². The number of hydrogen-bond acceptors (Lipinski definition) is 1. The van der Waals surface area contributed by atoms with E-state index in [1.165, 1.54) is 0 Å². The minimum Gasteiger partial charge on any atom is -0.365 e. The van der Waals surface area contributed by atoms with Crippen molar-refractivity contribution in [1.82, 2.24) is 4.98 Å². The molecule has 0 unspecified atom stereocenters. The van der Waals surface area contributed by atoms with Gasteiger partial charge in [0.2, 0.25) is 0 Å². The van der Waals surface area contributed by atoms with Gasteiger partial charge in [0.1, 0.15) is 0 Å². The van der Waals surface area contributed by atoms with Crippen molar-refractivity contribution in [1.29, 1.82) is 0 Å². The first-order valence-electron chi connectivity index (χ1n) is 3.55. The number of nitrogens with one attached hydrogen (secondary N) is 1. The maximum Gasteiger partial charge on any atom is 0.0462 e. The molecule has 0 aromatic carbocycles. The van der Waals surface area contributed by atoms with Crippen molar-refractivity contribution in [3.05, 3.63) is 36.3 Å². The zero-order valence-corrected chi connectivity index (χ0v) is 6.89. The van der Waals surface area contributed by atoms with E-state index < -0.39 is 0 Å². The lowest BCUT2D eigenvalue weighted by atomic mass is 10.2. The van der Waals surface area contributed by atoms with Gasteiger partial charge in [-0.25, -0.2) is 0 Å². The highest BCUT2D eigenvalue weighted by atomic mass is 14.7. The normalized spacial score (nSPS) is 11.6. The minimum absolute atomic E-state index is 0.999. The van der Waals surface area contributed by atoms with E-state index in [9.17, 15) is 0 Å². The smallest absolute Gasteiger partial charge is 0.0462 e. The number of nitrogens with zero attached hydrogens (tertiary/aromatic N) is 1. The van der Waals surface area contributed by atoms with Gasteiger partial charge in [0.05, 0.1) is 0 Å². The van der Waals surface area contributed by atoms with E-state index in [1.54, 1.807) is 6.20 Å². The van der Waals surface area contributed by atoms with Crippen LogP contribution >= 0.6 is 0 Å². The molecule has 1 aromatic rings. The highest BCUT2D eigenvalue weighted by Gasteiger charge is 1.99. The van der Waals surface area contributed by atoms with Crippen molar-refractivity contribution in [2.75, 3.05) is 0 Å². The first-order valence-corrected chi connectivity index (χ1v) is 3.55. The summed E-state index contributed by atoms with van der Waals surface area (Å²) in [6.45, 7) is 7.54. The molecule has 0 saturated heterocycles. The Hall–Kier alpha value is -1.31. The molecular weight excluding hydrogens is 136 g/mol. The van der Waals surface area contributed by atoms with Crippen molar-refractivity contribution >= 4 is 5.71 Å². The Morgan fingerprint density at radius 3 is 2.91 bits per heavy atom. The Morgan fingerprint density at radius 1 is 1.73 bits per heavy atom. The summed E-state index contributed by atoms with van der Waals surface area (Å²) in [5, 5.41) is 0. The number of aliphatic imine (C=N–C) groups is 1. The topological polar surface area (TPSA) is 28.1 Å². The van der Waals surface area contributed by atoms with E-state index in [0.717, 1.165) is 17.0 Å². The molecule has 0 saturated carbocycles. The Morgan fingerprint density at radius 2 is 2.45 bits per heavy atom. The number of aryl methyl sites for hydroxylation is 1. The largest absolute Gasteiger partial charge is 0.365 e. The number of aromatic amines is 1. The van der Waals surface area contributed by atoms with E-state index >= 15 is 0 Å². The second kappa shape index (κ2) is 3.19. The molecule has 0 amide bonds. The standard InChI is InChI=1S/C9H12N2/c1-4-10-7(2)9-5-6-11-8(9)3/h4-6,11H,1H2,2-3H3. The molecule has 0 bridgehead atoms. The fourth-order valence-corrected chi connectivity index (χ4v) is 1.05. The molecular formula is C9H12N2. The van der Waals surface area contributed by atoms with Gasteiger partial charge >= 0.3 is 0 Å². The van der Waals surface area contributed by atoms with Crippen LogP contribution < -0.4 is 0 Å². The van der Waals surface area contributed by atoms with Crippen molar-refractivity contribution in [3.63, 3.8) is 0 Å². The molecule has 1 rings (SSSR count). The van der Waals surface area contributed by atoms with Crippen molar-refractivity contribution < 1.29 is 0 Å². The van der Waals surface area contributed by atoms with Crippen LogP contribution in [0, 0.1) is 6.92 Å². The van der Waals surface area contributed by atoms with Crippen molar-refractivity contribution in [2.24, 2.45) is 4.99 Å². The summed E-state index contributed by atoms with van der Waals surface area (Å²) >= 11 is 0. The summed E-state index contributed by atoms with van der Waals surface area (Å²) in [6, 6.07) is 2.01. The summed E-state index contributed by atoms with van der Waals surface area (Å²) in [4.78, 5) is 7.18. The average Bonchev–Trinajstić information content (AvgIpc) is 2.36. The third-order valence-electron chi connectivity index (χ3n) is 1.63. The lowest BCUT2D eigenvalue weighted by Gasteiger charge is -1.95. The summed E-state index contributed by atoms with van der Waals surface area (Å²) in [5.74, 6) is 0. The van der Waals surface area contributed by atoms with E-state index in [2.05, 4.69) is 16.6 Å². The van der Waals surface area contributed by atoms with Gasteiger partial charge in [-0.2, -0.15) is 0 Å². The monoisotopic (exact) mass is 148 g/mol. The number of rotatable bonds is 2. The lowest BCUT2D eigenvalue weighted by molar-refractivity contribution is 1.25. The molecule has 1 heterocycles. The van der Waals surface area contributed by atoms with E-state index in [1.807, 2.05) is 26.1 Å². The zero-order chi connectivity index (χ0) is 8.27. The Balaban J connectivity index is 3.01. The van der Waals surface area contributed by atoms with Crippen LogP contribution in [0.1, 0.15) is 18.2 Å². The Labute approximate surface area is 66.7 Å². The molecule has 2 heteroatoms. The van der Waals surface area contributed by atoms with E-state index in [4.69, 9.17) is 0 Å². The maximum atomic E-state index is 4.09. The van der Waals surface area contributed by atoms with Gasteiger partial charge in [-0.1, -0.05) is 6.58 Å². The second-order valence-electron chi connectivity index (χ2n) is 2.41. The fraction of sp³-hybridized carbons (Fsp3) is 0.222. The van der Waals surface area contributed by atoms with Gasteiger partial charge in [-0.3, -0.25) is 4.99 Å². The molecule has 2 nitrogen and oxygen atoms in total. The summed E-state index contributed by atoms with van der Waals surface area (Å²) in [5.41, 5.74) is 3.30. The van der Waals surface area contributed by atoms with Gasteiger partial charge in [0.15, 0.2) is 0 Å². The Bertz CT molecular complexity index is 282. The van der Waals surface area contributed by atoms with Gasteiger partial charge in [0, 0.05) is 29.4 Å². The van der Waals surface area contributed by atoms with Gasteiger partial charge in [-0.15, -0.1) is 0 Å². The highest BCUT2D eigenvalue weighted by molar-refractivity contribution is 6.00. The first kappa shape index (κ1) is 7.79. The Kier molecular flexibility index (Phi) is 2.26. The van der Waals surface area contributed by atoms with Crippen molar-refractivity contribution in [3.8, 4) is 0 Å². The molecule has 0 atom stereocenters. The lowest BCUT2D eigenvalue weighted by Crippen LogP contribution is -1.93. The molecule has 0 aliphatic rings. The van der Waals surface area contributed by atoms with E-state index in [0.29, 0.717) is 0 Å². The number of hydrogen-bond donors (Lipinski definition) is 1. The molecule has 0 aliphatic heterocycles. The third kappa shape index (κ3) is 1.58. The summed E-state index contributed by atoms with van der Waals surface area (Å²) in [6.07, 6.45) is 3.47. The first-order chi connectivity index (χ1) is 5.25. The van der Waals surface area contributed by atoms with Crippen LogP contribution in [0.15, 0.2) is 30.0 Å². The fourth-order valence-electron chi connectivity index (χ4n) is 1.05. The zero-order valence-electron chi connectivity index (χ0n) is 6.89. The summed E-state index contributed by atoms with van der Waals surface area (Å²) < 4.78 is 0. The van der Waals surface area contributed by atoms with Crippen LogP contribution in [0.3, 0.4) is 0 Å². The van der Waals surface area contributed by atoms with Gasteiger partial charge in [-0.05, 0) is 19.9 Å². The predicted octanol–water partition coefficient (Wildman–Crippen LogP) is 2.28. The summed E-state index contributed by atoms with van der Waals surface area (Å²) in [7, 11) is 0. The number of H-pyrrole nitrogens is 1. The van der Waals surface area contributed by atoms with Gasteiger partial charge in [0.25, 0.3) is 0 Å². The molecule has 11 heavy (non-hydrogen) atoms. The van der Waals surface area contributed by atoms with Crippen LogP contribution in [0.2, 0.25) is 0 Å². The molecule has 1 N–H and O–H groups in total. The van der Waals surface area contributed by atoms with Crippen LogP contribution in [0.5, 0.6) is 0 Å². The minimum atomic E-state index is 0.999. The highest BCUT2D eigenvalue weighted by Crippen LogP contribution is 2.06. The molecule has 58 valence electrons. The van der Waals surface area contributed by atoms with E-state index in [-0.39, 0.29) is 0 Å². The molecule has 0 spiro atoms. The second-order valence-corrected chi connectivity index (χ2v) is 2.41. The number of aromatic nitrogens is 1. The molecule has 0 aliphatic carbocycles. The quantitative estimate of drug-likeness (QED) is 0.623. The van der Waals surface area contributed by atoms with Crippen LogP contribution in [-0.4, -0.2) is 10.7 Å². The molecule has 0 radical (unpaired) electrons. The van der Waals surface area contributed by atoms with Crippen LogP contribution in [-0.2, 0) is 0 Å². The molecule has 0 fully saturated rings.